The minimum atomic E-state index is -0.716. The van der Waals surface area contributed by atoms with Crippen molar-refractivity contribution in [2.45, 2.75) is 32.3 Å². The van der Waals surface area contributed by atoms with Crippen LogP contribution < -0.4 is 0 Å². The topological polar surface area (TPSA) is 36.0 Å². The van der Waals surface area contributed by atoms with Crippen LogP contribution in [0.15, 0.2) is 24.3 Å². The maximum Gasteiger partial charge on any atom is 0.104 e. The van der Waals surface area contributed by atoms with Gasteiger partial charge in [-0.05, 0) is 37.3 Å². The molecule has 2 heteroatoms. The molecular weight excluding hydrogens is 198 g/mol. The summed E-state index contributed by atoms with van der Waals surface area (Å²) in [5, 5.41) is 11.8. The minimum Gasteiger partial charge on any atom is -0.384 e. The highest BCUT2D eigenvalue weighted by atomic mass is 16.3. The Morgan fingerprint density at radius 3 is 2.94 bits per heavy atom. The maximum atomic E-state index is 10.6. The van der Waals surface area contributed by atoms with Crippen LogP contribution in [0.4, 0.5) is 0 Å². The van der Waals surface area contributed by atoms with Crippen molar-refractivity contribution in [3.05, 3.63) is 35.5 Å². The van der Waals surface area contributed by atoms with Gasteiger partial charge in [0.05, 0.1) is 5.69 Å². The van der Waals surface area contributed by atoms with Crippen LogP contribution in [0, 0.1) is 5.92 Å². The number of aromatic nitrogens is 1. The number of nitrogens with one attached hydrogen (secondary N) is 1. The number of hydrogen-bond donors (Lipinski definition) is 2. The summed E-state index contributed by atoms with van der Waals surface area (Å²) in [6, 6.07) is 8.30. The average Bonchev–Trinajstić information content (AvgIpc) is 2.64. The molecule has 2 N–H and O–H groups in total. The molecule has 2 nitrogen and oxygen atoms in total. The summed E-state index contributed by atoms with van der Waals surface area (Å²) in [6.07, 6.45) is 2.12. The Bertz CT molecular complexity index is 539. The zero-order valence-electron chi connectivity index (χ0n) is 9.75. The Morgan fingerprint density at radius 1 is 1.38 bits per heavy atom. The number of aliphatic hydroxyl groups is 1. The first-order valence-corrected chi connectivity index (χ1v) is 5.93. The maximum absolute atomic E-state index is 10.6. The lowest BCUT2D eigenvalue weighted by Gasteiger charge is -2.34. The highest BCUT2D eigenvalue weighted by molar-refractivity contribution is 5.85. The lowest BCUT2D eigenvalue weighted by molar-refractivity contribution is -0.0127. The zero-order valence-corrected chi connectivity index (χ0v) is 9.75. The van der Waals surface area contributed by atoms with E-state index in [-0.39, 0.29) is 0 Å². The average molecular weight is 215 g/mol. The molecular formula is C14H17NO. The molecule has 0 spiro atoms. The van der Waals surface area contributed by atoms with Crippen molar-refractivity contribution in [1.29, 1.82) is 0 Å². The van der Waals surface area contributed by atoms with E-state index in [0.29, 0.717) is 5.92 Å². The molecule has 1 aromatic heterocycles. The zero-order chi connectivity index (χ0) is 11.3. The quantitative estimate of drug-likeness (QED) is 0.696. The number of aromatic amines is 1. The molecule has 16 heavy (non-hydrogen) atoms. The summed E-state index contributed by atoms with van der Waals surface area (Å²) < 4.78 is 0. The van der Waals surface area contributed by atoms with Crippen LogP contribution in [-0.2, 0) is 12.0 Å². The number of aryl methyl sites for hydroxylation is 1. The molecule has 3 rings (SSSR count). The van der Waals surface area contributed by atoms with E-state index >= 15 is 0 Å². The van der Waals surface area contributed by atoms with E-state index in [4.69, 9.17) is 0 Å². The summed E-state index contributed by atoms with van der Waals surface area (Å²) in [6.45, 7) is 4.04. The smallest absolute Gasteiger partial charge is 0.104 e. The van der Waals surface area contributed by atoms with Gasteiger partial charge in [-0.15, -0.1) is 0 Å². The predicted molar refractivity (Wildman–Crippen MR) is 65.4 cm³/mol. The van der Waals surface area contributed by atoms with Gasteiger partial charge in [0.25, 0.3) is 0 Å². The fourth-order valence-corrected chi connectivity index (χ4v) is 2.78. The highest BCUT2D eigenvalue weighted by Gasteiger charge is 2.38. The SMILES string of the molecule is CC1CCc2c([nH]c3ccccc23)C1(C)O. The molecule has 1 aliphatic rings. The molecule has 0 radical (unpaired) electrons. The van der Waals surface area contributed by atoms with Crippen molar-refractivity contribution in [1.82, 2.24) is 4.98 Å². The molecule has 2 unspecified atom stereocenters. The van der Waals surface area contributed by atoms with Crippen molar-refractivity contribution >= 4 is 10.9 Å². The monoisotopic (exact) mass is 215 g/mol. The van der Waals surface area contributed by atoms with Crippen molar-refractivity contribution in [2.24, 2.45) is 5.92 Å². The van der Waals surface area contributed by atoms with E-state index in [1.54, 1.807) is 0 Å². The Kier molecular flexibility index (Phi) is 1.93. The van der Waals surface area contributed by atoms with Gasteiger partial charge >= 0.3 is 0 Å². The molecule has 1 aromatic carbocycles. The van der Waals surface area contributed by atoms with Gasteiger partial charge in [0.15, 0.2) is 0 Å². The van der Waals surface area contributed by atoms with Crippen LogP contribution >= 0.6 is 0 Å². The van der Waals surface area contributed by atoms with Crippen LogP contribution in [0.2, 0.25) is 0 Å². The number of benzene rings is 1. The Hall–Kier alpha value is -1.28. The molecule has 1 heterocycles. The van der Waals surface area contributed by atoms with Gasteiger partial charge < -0.3 is 10.1 Å². The molecule has 1 aliphatic carbocycles. The van der Waals surface area contributed by atoms with Gasteiger partial charge in [-0.25, -0.2) is 0 Å². The highest BCUT2D eigenvalue weighted by Crippen LogP contribution is 2.41. The van der Waals surface area contributed by atoms with E-state index in [1.165, 1.54) is 10.9 Å². The van der Waals surface area contributed by atoms with Gasteiger partial charge in [0.1, 0.15) is 5.60 Å². The van der Waals surface area contributed by atoms with E-state index in [0.717, 1.165) is 24.1 Å². The van der Waals surface area contributed by atoms with Gasteiger partial charge in [-0.3, -0.25) is 0 Å². The number of rotatable bonds is 0. The fraction of sp³-hybridized carbons (Fsp3) is 0.429. The van der Waals surface area contributed by atoms with Crippen LogP contribution in [0.5, 0.6) is 0 Å². The molecule has 0 bridgehead atoms. The molecule has 2 atom stereocenters. The number of H-pyrrole nitrogens is 1. The van der Waals surface area contributed by atoms with E-state index in [2.05, 4.69) is 30.1 Å². The second kappa shape index (κ2) is 3.11. The summed E-state index contributed by atoms with van der Waals surface area (Å²) in [5.74, 6) is 0.313. The van der Waals surface area contributed by atoms with Crippen molar-refractivity contribution < 1.29 is 5.11 Å². The Labute approximate surface area is 95.3 Å². The molecule has 0 fully saturated rings. The fourth-order valence-electron chi connectivity index (χ4n) is 2.78. The molecule has 0 aliphatic heterocycles. The lowest BCUT2D eigenvalue weighted by Crippen LogP contribution is -2.35. The van der Waals surface area contributed by atoms with Gasteiger partial charge in [0, 0.05) is 10.9 Å². The van der Waals surface area contributed by atoms with Crippen LogP contribution in [0.1, 0.15) is 31.5 Å². The third-order valence-corrected chi connectivity index (χ3v) is 4.11. The first kappa shape index (κ1) is 9.91. The number of hydrogen-bond acceptors (Lipinski definition) is 1. The number of para-hydroxylation sites is 1. The summed E-state index contributed by atoms with van der Waals surface area (Å²) in [5.41, 5.74) is 2.75. The third kappa shape index (κ3) is 1.17. The Morgan fingerprint density at radius 2 is 2.12 bits per heavy atom. The molecule has 0 saturated heterocycles. The van der Waals surface area contributed by atoms with E-state index < -0.39 is 5.60 Å². The van der Waals surface area contributed by atoms with E-state index in [1.807, 2.05) is 13.0 Å². The van der Waals surface area contributed by atoms with Crippen LogP contribution in [0.25, 0.3) is 10.9 Å². The van der Waals surface area contributed by atoms with Crippen molar-refractivity contribution in [3.63, 3.8) is 0 Å². The normalized spacial score (nSPS) is 29.3. The summed E-state index contributed by atoms with van der Waals surface area (Å²) in [4.78, 5) is 3.39. The largest absolute Gasteiger partial charge is 0.384 e. The summed E-state index contributed by atoms with van der Waals surface area (Å²) >= 11 is 0. The molecule has 84 valence electrons. The standard InChI is InChI=1S/C14H17NO/c1-9-7-8-11-10-5-3-4-6-12(10)15-13(11)14(9,2)16/h3-6,9,15-16H,7-8H2,1-2H3. The van der Waals surface area contributed by atoms with Crippen LogP contribution in [-0.4, -0.2) is 10.1 Å². The number of fused-ring (bicyclic) bond motifs is 3. The van der Waals surface area contributed by atoms with Gasteiger partial charge in [0.2, 0.25) is 0 Å². The Balaban J connectivity index is 2.31. The first-order valence-electron chi connectivity index (χ1n) is 5.93. The molecule has 0 amide bonds. The van der Waals surface area contributed by atoms with Crippen molar-refractivity contribution in [2.75, 3.05) is 0 Å². The summed E-state index contributed by atoms with van der Waals surface area (Å²) in [7, 11) is 0. The lowest BCUT2D eigenvalue weighted by atomic mass is 9.76. The third-order valence-electron chi connectivity index (χ3n) is 4.11. The van der Waals surface area contributed by atoms with E-state index in [9.17, 15) is 5.11 Å². The second-order valence-electron chi connectivity index (χ2n) is 5.11. The molecule has 2 aromatic rings. The second-order valence-corrected chi connectivity index (χ2v) is 5.11. The predicted octanol–water partition coefficient (Wildman–Crippen LogP) is 2.96. The van der Waals surface area contributed by atoms with Gasteiger partial charge in [-0.2, -0.15) is 0 Å². The van der Waals surface area contributed by atoms with Crippen LogP contribution in [0.3, 0.4) is 0 Å². The molecule has 0 saturated carbocycles. The minimum absolute atomic E-state index is 0.313. The first-order chi connectivity index (χ1) is 7.60. The van der Waals surface area contributed by atoms with Gasteiger partial charge in [-0.1, -0.05) is 25.1 Å². The van der Waals surface area contributed by atoms with Crippen molar-refractivity contribution in [3.8, 4) is 0 Å².